The first-order valence-electron chi connectivity index (χ1n) is 4.38. The first-order chi connectivity index (χ1) is 9.31. The summed E-state index contributed by atoms with van der Waals surface area (Å²) < 4.78 is 162. The molecule has 0 radical (unpaired) electrons. The number of halogens is 13. The number of rotatable bonds is 6. The zero-order chi connectivity index (χ0) is 18.4. The molecule has 2 nitrogen and oxygen atoms in total. The van der Waals surface area contributed by atoms with E-state index in [-0.39, 0.29) is 0 Å². The van der Waals surface area contributed by atoms with E-state index in [4.69, 9.17) is 0 Å². The number of hydrogen-bond donors (Lipinski definition) is 0. The van der Waals surface area contributed by atoms with E-state index in [1.807, 2.05) is 0 Å². The molecule has 16 heteroatoms. The molecule has 0 aliphatic carbocycles. The topological polar surface area (TPSA) is 32.3 Å². The summed E-state index contributed by atoms with van der Waals surface area (Å²) in [4.78, 5) is 9.61. The van der Waals surface area contributed by atoms with Gasteiger partial charge in [0.15, 0.2) is 0 Å². The van der Waals surface area contributed by atoms with Crippen LogP contribution in [0.4, 0.5) is 57.1 Å². The highest BCUT2D eigenvalue weighted by atomic mass is 31.1. The molecule has 134 valence electrons. The molecule has 0 aromatic rings. The second kappa shape index (κ2) is 5.51. The average molecular weight is 384 g/mol. The van der Waals surface area contributed by atoms with Crippen LogP contribution in [0.25, 0.3) is 0 Å². The molecular formula is C6H2F13O2P. The van der Waals surface area contributed by atoms with Gasteiger partial charge in [-0.15, -0.1) is 0 Å². The Bertz CT molecular complexity index is 402. The second-order valence-electron chi connectivity index (χ2n) is 3.53. The fourth-order valence-electron chi connectivity index (χ4n) is 0.890. The van der Waals surface area contributed by atoms with E-state index in [9.17, 15) is 62.0 Å². The Kier molecular flexibility index (Phi) is 5.37. The van der Waals surface area contributed by atoms with Gasteiger partial charge in [-0.2, -0.15) is 61.6 Å². The third-order valence-electron chi connectivity index (χ3n) is 2.10. The minimum Gasteiger partial charge on any atom is -0.659 e. The van der Waals surface area contributed by atoms with Crippen LogP contribution < -0.4 is 4.89 Å². The van der Waals surface area contributed by atoms with Gasteiger partial charge in [-0.3, -0.25) is 0 Å². The van der Waals surface area contributed by atoms with E-state index in [0.29, 0.717) is 0 Å². The van der Waals surface area contributed by atoms with Gasteiger partial charge in [0.1, 0.15) is 0 Å². The van der Waals surface area contributed by atoms with Crippen LogP contribution in [-0.4, -0.2) is 36.0 Å². The molecule has 0 rings (SSSR count). The van der Waals surface area contributed by atoms with Crippen LogP contribution in [0.1, 0.15) is 0 Å². The maximum absolute atomic E-state index is 12.7. The van der Waals surface area contributed by atoms with Crippen molar-refractivity contribution in [2.75, 3.05) is 0 Å². The van der Waals surface area contributed by atoms with Gasteiger partial charge < -0.3 is 4.89 Å². The van der Waals surface area contributed by atoms with Crippen LogP contribution in [0.15, 0.2) is 0 Å². The Balaban J connectivity index is 6.11. The van der Waals surface area contributed by atoms with Crippen molar-refractivity contribution >= 4 is 9.03 Å². The molecule has 22 heavy (non-hydrogen) atoms. The van der Waals surface area contributed by atoms with E-state index >= 15 is 0 Å². The molecule has 0 aliphatic heterocycles. The Morgan fingerprint density at radius 2 is 0.864 bits per heavy atom. The largest absolute Gasteiger partial charge is 0.659 e. The lowest BCUT2D eigenvalue weighted by Crippen LogP contribution is -2.70. The Morgan fingerprint density at radius 1 is 0.545 bits per heavy atom. The molecule has 0 spiro atoms. The van der Waals surface area contributed by atoms with Gasteiger partial charge in [-0.1, -0.05) is 0 Å². The minimum absolute atomic E-state index is 2.28. The molecular weight excluding hydrogens is 382 g/mol. The van der Waals surface area contributed by atoms with Crippen LogP contribution in [0.3, 0.4) is 0 Å². The highest BCUT2D eigenvalue weighted by Crippen LogP contribution is 2.60. The summed E-state index contributed by atoms with van der Waals surface area (Å²) in [6.45, 7) is 0. The highest BCUT2D eigenvalue weighted by Gasteiger charge is 2.91. The fourth-order valence-corrected chi connectivity index (χ4v) is 1.16. The van der Waals surface area contributed by atoms with Gasteiger partial charge in [0, 0.05) is 0 Å². The normalized spacial score (nSPS) is 16.6. The zero-order valence-electron chi connectivity index (χ0n) is 9.31. The molecule has 0 saturated heterocycles. The summed E-state index contributed by atoms with van der Waals surface area (Å²) in [7, 11) is -3.42. The van der Waals surface area contributed by atoms with Crippen LogP contribution >= 0.6 is 9.03 Å². The quantitative estimate of drug-likeness (QED) is 0.520. The summed E-state index contributed by atoms with van der Waals surface area (Å²) in [5, 5.41) is 0. The van der Waals surface area contributed by atoms with E-state index in [1.165, 1.54) is 0 Å². The van der Waals surface area contributed by atoms with Crippen LogP contribution in [0.2, 0.25) is 0 Å². The maximum Gasteiger partial charge on any atom is 0.460 e. The molecule has 0 aliphatic rings. The molecule has 1 unspecified atom stereocenters. The maximum atomic E-state index is 12.7. The van der Waals surface area contributed by atoms with Crippen LogP contribution in [0.5, 0.6) is 0 Å². The van der Waals surface area contributed by atoms with Crippen molar-refractivity contribution in [1.82, 2.24) is 0 Å². The van der Waals surface area contributed by atoms with E-state index < -0.39 is 45.0 Å². The van der Waals surface area contributed by atoms with Crippen molar-refractivity contribution in [3.05, 3.63) is 0 Å². The summed E-state index contributed by atoms with van der Waals surface area (Å²) in [5.74, 6) is -31.2. The van der Waals surface area contributed by atoms with Crippen molar-refractivity contribution in [3.63, 3.8) is 0 Å². The fraction of sp³-hybridized carbons (Fsp3) is 1.00. The lowest BCUT2D eigenvalue weighted by atomic mass is 9.97. The van der Waals surface area contributed by atoms with Crippen LogP contribution in [0, 0.1) is 0 Å². The first-order valence-corrected chi connectivity index (χ1v) is 5.33. The zero-order valence-corrected chi connectivity index (χ0v) is 10.5. The lowest BCUT2D eigenvalue weighted by Gasteiger charge is -2.38. The summed E-state index contributed by atoms with van der Waals surface area (Å²) in [6.07, 6.45) is -14.2. The van der Waals surface area contributed by atoms with Gasteiger partial charge in [0.05, 0.1) is 9.03 Å². The van der Waals surface area contributed by atoms with E-state index in [2.05, 4.69) is 4.52 Å². The smallest absolute Gasteiger partial charge is 0.460 e. The Morgan fingerprint density at radius 3 is 1.14 bits per heavy atom. The van der Waals surface area contributed by atoms with Gasteiger partial charge in [0.25, 0.3) is 0 Å². The number of hydrogen-bond acceptors (Lipinski definition) is 2. The van der Waals surface area contributed by atoms with Crippen LogP contribution in [-0.2, 0) is 4.52 Å². The summed E-state index contributed by atoms with van der Waals surface area (Å²) in [5.41, 5.74) is 0. The number of alkyl halides is 13. The molecule has 0 N–H and O–H groups in total. The monoisotopic (exact) mass is 384 g/mol. The van der Waals surface area contributed by atoms with Gasteiger partial charge in [-0.25, -0.2) is 0 Å². The molecule has 0 amide bonds. The summed E-state index contributed by atoms with van der Waals surface area (Å²) in [6, 6.07) is 0. The third-order valence-corrected chi connectivity index (χ3v) is 2.49. The van der Waals surface area contributed by atoms with E-state index in [0.717, 1.165) is 0 Å². The second-order valence-corrected chi connectivity index (χ2v) is 3.95. The SMILES string of the molecule is [O-][PH2+]OC(F)(F)C(F)(F)C(F)(F)C(F)(F)C(F)(F)C(F)(F)F. The minimum atomic E-state index is -7.98. The van der Waals surface area contributed by atoms with Gasteiger partial charge in [0.2, 0.25) is 0 Å². The van der Waals surface area contributed by atoms with Crippen molar-refractivity contribution in [3.8, 4) is 0 Å². The Labute approximate surface area is 113 Å². The highest BCUT2D eigenvalue weighted by molar-refractivity contribution is 7.23. The predicted octanol–water partition coefficient (Wildman–Crippen LogP) is 3.30. The van der Waals surface area contributed by atoms with Gasteiger partial charge in [-0.05, 0) is 0 Å². The molecule has 0 aromatic heterocycles. The van der Waals surface area contributed by atoms with Crippen molar-refractivity contribution in [2.24, 2.45) is 0 Å². The molecule has 1 atom stereocenters. The molecule has 0 aromatic carbocycles. The van der Waals surface area contributed by atoms with Crippen molar-refractivity contribution in [1.29, 1.82) is 0 Å². The van der Waals surface area contributed by atoms with Gasteiger partial charge >= 0.3 is 36.0 Å². The van der Waals surface area contributed by atoms with E-state index in [1.54, 1.807) is 0 Å². The third kappa shape index (κ3) is 2.82. The van der Waals surface area contributed by atoms with Crippen molar-refractivity contribution < 1.29 is 66.5 Å². The molecule has 0 heterocycles. The lowest BCUT2D eigenvalue weighted by molar-refractivity contribution is -0.458. The standard InChI is InChI=1S/C6H2F13O2P/c7-1(8,3(11,12)5(15,16)17)2(9,10)4(13,14)6(18,19)21-22-20/h22H2. The molecule has 0 saturated carbocycles. The average Bonchev–Trinajstić information content (AvgIpc) is 2.26. The first kappa shape index (κ1) is 21.4. The van der Waals surface area contributed by atoms with Crippen molar-refractivity contribution in [2.45, 2.75) is 36.0 Å². The molecule has 0 fully saturated rings. The summed E-state index contributed by atoms with van der Waals surface area (Å²) >= 11 is 0. The Hall–Kier alpha value is -0.560. The molecule has 0 bridgehead atoms. The predicted molar refractivity (Wildman–Crippen MR) is 41.6 cm³/mol.